The average molecular weight is 364 g/mol. The number of amides is 1. The Labute approximate surface area is 138 Å². The highest BCUT2D eigenvalue weighted by Gasteiger charge is 2.32. The predicted molar refractivity (Wildman–Crippen MR) is 84.3 cm³/mol. The molecule has 1 aliphatic heterocycles. The van der Waals surface area contributed by atoms with Gasteiger partial charge in [-0.1, -0.05) is 11.6 Å². The van der Waals surface area contributed by atoms with Gasteiger partial charge < -0.3 is 5.73 Å². The summed E-state index contributed by atoms with van der Waals surface area (Å²) in [6.07, 6.45) is -4.53. The number of nitrogens with zero attached hydrogens (tertiary/aromatic N) is 3. The van der Waals surface area contributed by atoms with Gasteiger partial charge in [-0.25, -0.2) is 0 Å². The molecule has 23 heavy (non-hydrogen) atoms. The number of carbonyl (C=O) groups excluding carboxylic acids is 1. The zero-order valence-corrected chi connectivity index (χ0v) is 13.1. The molecular weight excluding hydrogens is 355 g/mol. The Hall–Kier alpha value is -2.20. The maximum Gasteiger partial charge on any atom is 0.416 e. The van der Waals surface area contributed by atoms with Gasteiger partial charge in [0, 0.05) is 0 Å². The van der Waals surface area contributed by atoms with Gasteiger partial charge in [-0.05, 0) is 37.3 Å². The zero-order valence-electron chi connectivity index (χ0n) is 11.5. The van der Waals surface area contributed by atoms with Crippen LogP contribution in [-0.2, 0) is 11.0 Å². The van der Waals surface area contributed by atoms with Crippen molar-refractivity contribution < 1.29 is 18.0 Å². The van der Waals surface area contributed by atoms with Gasteiger partial charge in [-0.3, -0.25) is 10.2 Å². The van der Waals surface area contributed by atoms with Crippen LogP contribution in [0.5, 0.6) is 0 Å². The van der Waals surface area contributed by atoms with E-state index in [1.807, 2.05) is 0 Å². The minimum atomic E-state index is -4.53. The van der Waals surface area contributed by atoms with Crippen LogP contribution in [0.3, 0.4) is 0 Å². The molecule has 1 aromatic rings. The van der Waals surface area contributed by atoms with Gasteiger partial charge in [0.2, 0.25) is 0 Å². The Morgan fingerprint density at radius 2 is 2.13 bits per heavy atom. The van der Waals surface area contributed by atoms with Crippen LogP contribution in [0.1, 0.15) is 12.5 Å². The van der Waals surface area contributed by atoms with E-state index < -0.39 is 17.6 Å². The highest BCUT2D eigenvalue weighted by atomic mass is 35.5. The maximum atomic E-state index is 12.7. The second-order valence-corrected chi connectivity index (χ2v) is 5.23. The number of hydrazone groups is 2. The van der Waals surface area contributed by atoms with Crippen molar-refractivity contribution in [1.82, 2.24) is 5.01 Å². The summed E-state index contributed by atoms with van der Waals surface area (Å²) >= 11 is 10.5. The first-order valence-electron chi connectivity index (χ1n) is 6.01. The molecule has 0 aromatic heterocycles. The summed E-state index contributed by atoms with van der Waals surface area (Å²) in [5, 5.41) is 8.05. The number of hydrogen-bond donors (Lipinski definition) is 2. The van der Waals surface area contributed by atoms with Crippen molar-refractivity contribution in [3.8, 4) is 0 Å². The molecule has 1 heterocycles. The number of benzene rings is 1. The van der Waals surface area contributed by atoms with Gasteiger partial charge in [0.25, 0.3) is 0 Å². The lowest BCUT2D eigenvalue weighted by Crippen LogP contribution is -2.36. The Morgan fingerprint density at radius 3 is 2.65 bits per heavy atom. The molecule has 3 N–H and O–H groups in total. The van der Waals surface area contributed by atoms with Gasteiger partial charge in [0.1, 0.15) is 0 Å². The molecule has 0 saturated heterocycles. The van der Waals surface area contributed by atoms with Crippen molar-refractivity contribution in [3.05, 3.63) is 28.8 Å². The first kappa shape index (κ1) is 17.2. The molecule has 0 spiro atoms. The smallest absolute Gasteiger partial charge is 0.374 e. The molecule has 1 amide bonds. The molecule has 0 atom stereocenters. The van der Waals surface area contributed by atoms with Crippen molar-refractivity contribution in [2.45, 2.75) is 13.1 Å². The van der Waals surface area contributed by atoms with Crippen molar-refractivity contribution in [3.63, 3.8) is 0 Å². The number of hydrogen-bond acceptors (Lipinski definition) is 5. The summed E-state index contributed by atoms with van der Waals surface area (Å²) in [5.74, 6) is -0.689. The van der Waals surface area contributed by atoms with Gasteiger partial charge in [0.05, 0.1) is 22.0 Å². The van der Waals surface area contributed by atoms with E-state index in [-0.39, 0.29) is 27.2 Å². The van der Waals surface area contributed by atoms with Crippen LogP contribution in [0.25, 0.3) is 0 Å². The molecule has 2 rings (SSSR count). The summed E-state index contributed by atoms with van der Waals surface area (Å²) in [4.78, 5) is 11.9. The van der Waals surface area contributed by atoms with E-state index in [4.69, 9.17) is 17.3 Å². The average Bonchev–Trinajstić information content (AvgIpc) is 2.72. The fourth-order valence-corrected chi connectivity index (χ4v) is 1.96. The Morgan fingerprint density at radius 1 is 1.48 bits per heavy atom. The normalized spacial score (nSPS) is 16.7. The lowest BCUT2D eigenvalue weighted by molar-refractivity contribution is -0.137. The summed E-state index contributed by atoms with van der Waals surface area (Å²) < 4.78 is 38.1. The van der Waals surface area contributed by atoms with Crippen LogP contribution in [0, 0.1) is 0 Å². The number of thiocarbonyl (C=S) groups is 1. The van der Waals surface area contributed by atoms with Gasteiger partial charge in [-0.2, -0.15) is 28.4 Å². The minimum absolute atomic E-state index is 0.00795. The van der Waals surface area contributed by atoms with E-state index in [1.54, 1.807) is 0 Å². The summed E-state index contributed by atoms with van der Waals surface area (Å²) in [5.41, 5.74) is 6.71. The minimum Gasteiger partial charge on any atom is -0.374 e. The van der Waals surface area contributed by atoms with E-state index in [0.717, 1.165) is 23.2 Å². The molecule has 0 bridgehead atoms. The molecule has 0 aliphatic carbocycles. The fourth-order valence-electron chi connectivity index (χ4n) is 1.68. The van der Waals surface area contributed by atoms with Crippen LogP contribution in [0.4, 0.5) is 18.9 Å². The van der Waals surface area contributed by atoms with E-state index in [0.29, 0.717) is 0 Å². The SMILES string of the molecule is CC1=NN(C(N)=S)C(=O)/C1=N/Nc1cc(C(F)(F)F)ccc1Cl. The van der Waals surface area contributed by atoms with Gasteiger partial charge in [0.15, 0.2) is 10.8 Å². The standard InChI is InChI=1S/C12H9ClF3N5OS/c1-5-9(10(22)21(20-5)11(17)23)19-18-8-4-6(12(14,15)16)2-3-7(8)13/h2-4,18H,1H3,(H2,17,23)/b19-9+. The van der Waals surface area contributed by atoms with E-state index in [9.17, 15) is 18.0 Å². The molecule has 11 heteroatoms. The van der Waals surface area contributed by atoms with Crippen molar-refractivity contribution >= 4 is 51.9 Å². The molecule has 0 saturated carbocycles. The summed E-state index contributed by atoms with van der Waals surface area (Å²) in [6, 6.07) is 2.69. The topological polar surface area (TPSA) is 83.1 Å². The number of anilines is 1. The Balaban J connectivity index is 2.29. The molecule has 0 fully saturated rings. The first-order chi connectivity index (χ1) is 10.6. The number of alkyl halides is 3. The predicted octanol–water partition coefficient (Wildman–Crippen LogP) is 2.59. The molecule has 122 valence electrons. The highest BCUT2D eigenvalue weighted by Crippen LogP contribution is 2.33. The highest BCUT2D eigenvalue weighted by molar-refractivity contribution is 7.80. The van der Waals surface area contributed by atoms with E-state index in [2.05, 4.69) is 27.8 Å². The third kappa shape index (κ3) is 3.59. The maximum absolute atomic E-state index is 12.7. The van der Waals surface area contributed by atoms with Crippen LogP contribution >= 0.6 is 23.8 Å². The zero-order chi connectivity index (χ0) is 17.4. The number of rotatable bonds is 2. The number of nitrogens with one attached hydrogen (secondary N) is 1. The largest absolute Gasteiger partial charge is 0.416 e. The number of nitrogens with two attached hydrogens (primary N) is 1. The summed E-state index contributed by atoms with van der Waals surface area (Å²) in [7, 11) is 0. The van der Waals surface area contributed by atoms with Crippen LogP contribution in [0.15, 0.2) is 28.4 Å². The van der Waals surface area contributed by atoms with Crippen LogP contribution < -0.4 is 11.2 Å². The van der Waals surface area contributed by atoms with Gasteiger partial charge >= 0.3 is 12.1 Å². The molecule has 1 aromatic carbocycles. The summed E-state index contributed by atoms with van der Waals surface area (Å²) in [6.45, 7) is 1.48. The van der Waals surface area contributed by atoms with Crippen molar-refractivity contribution in [2.24, 2.45) is 15.9 Å². The molecule has 1 aliphatic rings. The fraction of sp³-hybridized carbons (Fsp3) is 0.167. The quantitative estimate of drug-likeness (QED) is 0.625. The lowest BCUT2D eigenvalue weighted by atomic mass is 10.2. The Kier molecular flexibility index (Phi) is 4.57. The first-order valence-corrected chi connectivity index (χ1v) is 6.80. The van der Waals surface area contributed by atoms with E-state index >= 15 is 0 Å². The van der Waals surface area contributed by atoms with E-state index in [1.165, 1.54) is 6.92 Å². The number of halogens is 4. The third-order valence-corrected chi connectivity index (χ3v) is 3.28. The van der Waals surface area contributed by atoms with Crippen LogP contribution in [0.2, 0.25) is 5.02 Å². The number of carbonyl (C=O) groups is 1. The lowest BCUT2D eigenvalue weighted by Gasteiger charge is -2.10. The molecule has 6 nitrogen and oxygen atoms in total. The van der Waals surface area contributed by atoms with Crippen molar-refractivity contribution in [2.75, 3.05) is 5.43 Å². The molecule has 0 unspecified atom stereocenters. The van der Waals surface area contributed by atoms with Crippen LogP contribution in [-0.4, -0.2) is 27.5 Å². The Bertz CT molecular complexity index is 747. The third-order valence-electron chi connectivity index (χ3n) is 2.78. The molecular formula is C12H9ClF3N5OS. The second kappa shape index (κ2) is 6.13. The monoisotopic (exact) mass is 363 g/mol. The molecule has 0 radical (unpaired) electrons. The van der Waals surface area contributed by atoms with Gasteiger partial charge in [-0.15, -0.1) is 0 Å². The second-order valence-electron chi connectivity index (χ2n) is 4.41. The van der Waals surface area contributed by atoms with Crippen molar-refractivity contribution in [1.29, 1.82) is 0 Å².